The molecule has 2 heterocycles. The number of hydrogen-bond donors (Lipinski definition) is 1. The van der Waals surface area contributed by atoms with E-state index in [1.54, 1.807) is 43.6 Å². The minimum atomic E-state index is -0.466. The Morgan fingerprint density at radius 1 is 1.14 bits per heavy atom. The van der Waals surface area contributed by atoms with E-state index in [0.717, 1.165) is 0 Å². The van der Waals surface area contributed by atoms with Gasteiger partial charge in [-0.25, -0.2) is 4.79 Å². The molecule has 6 nitrogen and oxygen atoms in total. The molecule has 0 aromatic carbocycles. The van der Waals surface area contributed by atoms with E-state index in [4.69, 9.17) is 4.74 Å². The largest absolute Gasteiger partial charge is 0.457 e. The van der Waals surface area contributed by atoms with E-state index in [1.165, 1.54) is 12.4 Å². The Kier molecular flexibility index (Phi) is 4.98. The molecular formula is C15H15N3O3. The molecular weight excluding hydrogens is 270 g/mol. The highest BCUT2D eigenvalue weighted by atomic mass is 16.5. The zero-order valence-corrected chi connectivity index (χ0v) is 11.5. The summed E-state index contributed by atoms with van der Waals surface area (Å²) in [6.45, 7) is 1.93. The summed E-state index contributed by atoms with van der Waals surface area (Å²) in [5, 5.41) is 2.68. The topological polar surface area (TPSA) is 81.2 Å². The van der Waals surface area contributed by atoms with Gasteiger partial charge in [0.2, 0.25) is 0 Å². The van der Waals surface area contributed by atoms with Gasteiger partial charge >= 0.3 is 5.97 Å². The van der Waals surface area contributed by atoms with Crippen molar-refractivity contribution in [3.63, 3.8) is 0 Å². The minimum absolute atomic E-state index is 0.222. The van der Waals surface area contributed by atoms with E-state index >= 15 is 0 Å². The number of carbonyl (C=O) groups is 2. The number of nitrogens with zero attached hydrogens (tertiary/aromatic N) is 2. The van der Waals surface area contributed by atoms with E-state index in [-0.39, 0.29) is 12.5 Å². The first kappa shape index (κ1) is 14.6. The second-order valence-electron chi connectivity index (χ2n) is 4.41. The van der Waals surface area contributed by atoms with Crippen LogP contribution in [0.5, 0.6) is 0 Å². The predicted octanol–water partition coefficient (Wildman–Crippen LogP) is 1.45. The lowest BCUT2D eigenvalue weighted by atomic mass is 10.2. The average Bonchev–Trinajstić information content (AvgIpc) is 2.54. The number of hydrogen-bond acceptors (Lipinski definition) is 5. The van der Waals surface area contributed by atoms with Crippen LogP contribution < -0.4 is 5.32 Å². The summed E-state index contributed by atoms with van der Waals surface area (Å²) >= 11 is 0. The van der Waals surface area contributed by atoms with Crippen molar-refractivity contribution in [1.82, 2.24) is 15.3 Å². The molecule has 6 heteroatoms. The molecule has 0 aliphatic carbocycles. The van der Waals surface area contributed by atoms with E-state index < -0.39 is 12.1 Å². The molecule has 0 aliphatic rings. The third kappa shape index (κ3) is 4.38. The Labute approximate surface area is 122 Å². The Hall–Kier alpha value is -2.76. The summed E-state index contributed by atoms with van der Waals surface area (Å²) in [4.78, 5) is 31.3. The normalized spacial score (nSPS) is 11.5. The second kappa shape index (κ2) is 7.14. The molecule has 0 aliphatic heterocycles. The minimum Gasteiger partial charge on any atom is -0.457 e. The molecule has 0 spiro atoms. The summed E-state index contributed by atoms with van der Waals surface area (Å²) in [7, 11) is 0. The zero-order chi connectivity index (χ0) is 15.1. The number of amides is 1. The van der Waals surface area contributed by atoms with E-state index in [9.17, 15) is 9.59 Å². The van der Waals surface area contributed by atoms with Crippen LogP contribution in [0.3, 0.4) is 0 Å². The van der Waals surface area contributed by atoms with Crippen molar-refractivity contribution in [2.24, 2.45) is 0 Å². The van der Waals surface area contributed by atoms with Crippen molar-refractivity contribution in [2.45, 2.75) is 13.0 Å². The van der Waals surface area contributed by atoms with Crippen LogP contribution in [0, 0.1) is 0 Å². The average molecular weight is 285 g/mol. The van der Waals surface area contributed by atoms with Crippen LogP contribution in [0.25, 0.3) is 0 Å². The number of ether oxygens (including phenoxy) is 1. The lowest BCUT2D eigenvalue weighted by Gasteiger charge is -2.14. The van der Waals surface area contributed by atoms with Gasteiger partial charge in [0.25, 0.3) is 5.91 Å². The number of aromatic nitrogens is 2. The molecule has 0 saturated carbocycles. The molecule has 108 valence electrons. The van der Waals surface area contributed by atoms with Gasteiger partial charge in [0.15, 0.2) is 0 Å². The van der Waals surface area contributed by atoms with Gasteiger partial charge in [-0.15, -0.1) is 0 Å². The summed E-state index contributed by atoms with van der Waals surface area (Å²) in [6, 6.07) is 6.62. The number of pyridine rings is 2. The molecule has 0 saturated heterocycles. The van der Waals surface area contributed by atoms with Gasteiger partial charge in [-0.1, -0.05) is 0 Å². The molecule has 21 heavy (non-hydrogen) atoms. The first-order chi connectivity index (χ1) is 10.2. The molecule has 1 N–H and O–H groups in total. The first-order valence-corrected chi connectivity index (χ1v) is 6.46. The van der Waals surface area contributed by atoms with Crippen molar-refractivity contribution in [3.05, 3.63) is 60.2 Å². The van der Waals surface area contributed by atoms with Gasteiger partial charge in [-0.2, -0.15) is 0 Å². The lowest BCUT2D eigenvalue weighted by Crippen LogP contribution is -2.33. The molecule has 1 amide bonds. The van der Waals surface area contributed by atoms with Crippen LogP contribution in [0.15, 0.2) is 49.1 Å². The highest BCUT2D eigenvalue weighted by molar-refractivity contribution is 5.93. The fourth-order valence-electron chi connectivity index (χ4n) is 1.61. The predicted molar refractivity (Wildman–Crippen MR) is 75.7 cm³/mol. The summed E-state index contributed by atoms with van der Waals surface area (Å²) in [5.41, 5.74) is 0.839. The number of carbonyl (C=O) groups excluding carboxylic acids is 2. The summed E-state index contributed by atoms with van der Waals surface area (Å²) in [5.74, 6) is -0.724. The Morgan fingerprint density at radius 3 is 2.33 bits per heavy atom. The van der Waals surface area contributed by atoms with Gasteiger partial charge in [0, 0.05) is 24.8 Å². The van der Waals surface area contributed by atoms with Gasteiger partial charge in [0.1, 0.15) is 6.10 Å². The maximum Gasteiger partial charge on any atom is 0.340 e. The highest BCUT2D eigenvalue weighted by Crippen LogP contribution is 2.02. The molecule has 1 unspecified atom stereocenters. The second-order valence-corrected chi connectivity index (χ2v) is 4.41. The van der Waals surface area contributed by atoms with Crippen LogP contribution in [0.4, 0.5) is 0 Å². The number of rotatable bonds is 5. The number of nitrogens with one attached hydrogen (secondary N) is 1. The Balaban J connectivity index is 1.81. The Morgan fingerprint density at radius 2 is 1.76 bits per heavy atom. The molecule has 0 radical (unpaired) electrons. The van der Waals surface area contributed by atoms with Crippen LogP contribution in [-0.2, 0) is 4.74 Å². The quantitative estimate of drug-likeness (QED) is 0.841. The van der Waals surface area contributed by atoms with Crippen molar-refractivity contribution in [2.75, 3.05) is 6.54 Å². The van der Waals surface area contributed by atoms with Crippen LogP contribution in [0.1, 0.15) is 27.6 Å². The van der Waals surface area contributed by atoms with Crippen molar-refractivity contribution in [1.29, 1.82) is 0 Å². The van der Waals surface area contributed by atoms with E-state index in [0.29, 0.717) is 11.1 Å². The molecule has 0 fully saturated rings. The smallest absolute Gasteiger partial charge is 0.340 e. The third-order valence-corrected chi connectivity index (χ3v) is 2.68. The highest BCUT2D eigenvalue weighted by Gasteiger charge is 2.13. The summed E-state index contributed by atoms with van der Waals surface area (Å²) < 4.78 is 5.21. The third-order valence-electron chi connectivity index (χ3n) is 2.68. The fraction of sp³-hybridized carbons (Fsp3) is 0.200. The van der Waals surface area contributed by atoms with Crippen molar-refractivity contribution in [3.8, 4) is 0 Å². The van der Waals surface area contributed by atoms with Crippen LogP contribution in [-0.4, -0.2) is 34.5 Å². The van der Waals surface area contributed by atoms with Gasteiger partial charge in [0.05, 0.1) is 17.7 Å². The monoisotopic (exact) mass is 285 g/mol. The van der Waals surface area contributed by atoms with Crippen LogP contribution >= 0.6 is 0 Å². The standard InChI is InChI=1S/C15H15N3O3/c1-11(21-15(20)13-5-3-7-17-10-13)8-18-14(19)12-4-2-6-16-9-12/h2-7,9-11H,8H2,1H3,(H,18,19). The maximum atomic E-state index is 11.8. The van der Waals surface area contributed by atoms with Crippen LogP contribution in [0.2, 0.25) is 0 Å². The molecule has 2 aromatic heterocycles. The van der Waals surface area contributed by atoms with Crippen molar-refractivity contribution < 1.29 is 14.3 Å². The SMILES string of the molecule is CC(CNC(=O)c1cccnc1)OC(=O)c1cccnc1. The molecule has 0 bridgehead atoms. The molecule has 2 aromatic rings. The van der Waals surface area contributed by atoms with E-state index in [2.05, 4.69) is 15.3 Å². The Bertz CT molecular complexity index is 602. The lowest BCUT2D eigenvalue weighted by molar-refractivity contribution is 0.0337. The van der Waals surface area contributed by atoms with E-state index in [1.807, 2.05) is 0 Å². The summed E-state index contributed by atoms with van der Waals surface area (Å²) in [6.07, 6.45) is 5.63. The zero-order valence-electron chi connectivity index (χ0n) is 11.5. The van der Waals surface area contributed by atoms with Gasteiger partial charge in [-0.3, -0.25) is 14.8 Å². The molecule has 1 atom stereocenters. The molecule has 2 rings (SSSR count). The maximum absolute atomic E-state index is 11.8. The first-order valence-electron chi connectivity index (χ1n) is 6.46. The van der Waals surface area contributed by atoms with Gasteiger partial charge < -0.3 is 10.1 Å². The van der Waals surface area contributed by atoms with Crippen molar-refractivity contribution >= 4 is 11.9 Å². The van der Waals surface area contributed by atoms with Gasteiger partial charge in [-0.05, 0) is 31.2 Å². The number of esters is 1. The fourth-order valence-corrected chi connectivity index (χ4v) is 1.61.